The Morgan fingerprint density at radius 3 is 2.93 bits per heavy atom. The van der Waals surface area contributed by atoms with Crippen LogP contribution >= 0.6 is 15.9 Å². The SMILES string of the molecule is COc1nn(C(=O)O)c2ccc(Br)cc12. The van der Waals surface area contributed by atoms with Crippen molar-refractivity contribution >= 4 is 32.9 Å². The van der Waals surface area contributed by atoms with Gasteiger partial charge >= 0.3 is 6.09 Å². The van der Waals surface area contributed by atoms with Crippen molar-refractivity contribution in [3.63, 3.8) is 0 Å². The van der Waals surface area contributed by atoms with Gasteiger partial charge in [-0.2, -0.15) is 4.68 Å². The van der Waals surface area contributed by atoms with Crippen molar-refractivity contribution in [3.05, 3.63) is 22.7 Å². The maximum Gasteiger partial charge on any atom is 0.432 e. The minimum absolute atomic E-state index is 0.300. The lowest BCUT2D eigenvalue weighted by Crippen LogP contribution is -2.09. The first-order valence-electron chi connectivity index (χ1n) is 4.09. The average molecular weight is 271 g/mol. The Hall–Kier alpha value is -1.56. The topological polar surface area (TPSA) is 64.4 Å². The number of methoxy groups -OCH3 is 1. The summed E-state index contributed by atoms with van der Waals surface area (Å²) in [6, 6.07) is 5.19. The number of rotatable bonds is 1. The van der Waals surface area contributed by atoms with Crippen molar-refractivity contribution in [1.29, 1.82) is 0 Å². The normalized spacial score (nSPS) is 10.5. The Bertz CT molecular complexity index is 535. The number of benzene rings is 1. The third-order valence-electron chi connectivity index (χ3n) is 1.98. The zero-order valence-electron chi connectivity index (χ0n) is 7.77. The highest BCUT2D eigenvalue weighted by Gasteiger charge is 2.14. The van der Waals surface area contributed by atoms with Gasteiger partial charge in [-0.15, -0.1) is 5.10 Å². The van der Waals surface area contributed by atoms with Gasteiger partial charge < -0.3 is 9.84 Å². The van der Waals surface area contributed by atoms with Crippen LogP contribution < -0.4 is 4.74 Å². The standard InChI is InChI=1S/C9H7BrN2O3/c1-15-8-6-4-5(10)2-3-7(6)12(11-8)9(13)14/h2-4H,1H3,(H,13,14). The van der Waals surface area contributed by atoms with Crippen LogP contribution in [0.4, 0.5) is 4.79 Å². The van der Waals surface area contributed by atoms with Crippen molar-refractivity contribution in [2.75, 3.05) is 7.11 Å². The number of fused-ring (bicyclic) bond motifs is 1. The van der Waals surface area contributed by atoms with Crippen molar-refractivity contribution in [2.45, 2.75) is 0 Å². The zero-order chi connectivity index (χ0) is 11.0. The molecule has 78 valence electrons. The Morgan fingerprint density at radius 2 is 2.33 bits per heavy atom. The predicted molar refractivity (Wildman–Crippen MR) is 57.4 cm³/mol. The van der Waals surface area contributed by atoms with E-state index in [4.69, 9.17) is 9.84 Å². The van der Waals surface area contributed by atoms with E-state index in [2.05, 4.69) is 21.0 Å². The molecule has 0 fully saturated rings. The molecule has 0 aliphatic heterocycles. The van der Waals surface area contributed by atoms with E-state index in [-0.39, 0.29) is 0 Å². The number of nitrogens with zero attached hydrogens (tertiary/aromatic N) is 2. The maximum absolute atomic E-state index is 10.9. The van der Waals surface area contributed by atoms with Gasteiger partial charge in [0.05, 0.1) is 18.0 Å². The zero-order valence-corrected chi connectivity index (χ0v) is 9.35. The quantitative estimate of drug-likeness (QED) is 0.864. The van der Waals surface area contributed by atoms with Crippen LogP contribution in [0.3, 0.4) is 0 Å². The Labute approximate surface area is 93.4 Å². The Kier molecular flexibility index (Phi) is 2.36. The fraction of sp³-hybridized carbons (Fsp3) is 0.111. The first-order chi connectivity index (χ1) is 7.13. The third-order valence-corrected chi connectivity index (χ3v) is 2.48. The number of hydrogen-bond donors (Lipinski definition) is 1. The van der Waals surface area contributed by atoms with Crippen LogP contribution in [0, 0.1) is 0 Å². The summed E-state index contributed by atoms with van der Waals surface area (Å²) in [6.07, 6.45) is -1.13. The van der Waals surface area contributed by atoms with Crippen molar-refractivity contribution < 1.29 is 14.6 Å². The minimum atomic E-state index is -1.13. The lowest BCUT2D eigenvalue weighted by Gasteiger charge is -1.94. The van der Waals surface area contributed by atoms with E-state index in [0.717, 1.165) is 9.15 Å². The highest BCUT2D eigenvalue weighted by atomic mass is 79.9. The molecular formula is C9H7BrN2O3. The number of carbonyl (C=O) groups is 1. The lowest BCUT2D eigenvalue weighted by atomic mass is 10.2. The van der Waals surface area contributed by atoms with Gasteiger partial charge in [-0.05, 0) is 18.2 Å². The second-order valence-corrected chi connectivity index (χ2v) is 3.78. The fourth-order valence-electron chi connectivity index (χ4n) is 1.36. The van der Waals surface area contributed by atoms with Crippen molar-refractivity contribution in [1.82, 2.24) is 9.78 Å². The van der Waals surface area contributed by atoms with E-state index in [1.165, 1.54) is 7.11 Å². The second-order valence-electron chi connectivity index (χ2n) is 2.87. The summed E-state index contributed by atoms with van der Waals surface area (Å²) in [7, 11) is 1.45. The van der Waals surface area contributed by atoms with E-state index >= 15 is 0 Å². The van der Waals surface area contributed by atoms with Gasteiger partial charge in [0.1, 0.15) is 0 Å². The summed E-state index contributed by atoms with van der Waals surface area (Å²) in [5.41, 5.74) is 0.502. The molecule has 1 heterocycles. The van der Waals surface area contributed by atoms with Crippen LogP contribution in [0.2, 0.25) is 0 Å². The fourth-order valence-corrected chi connectivity index (χ4v) is 1.72. The number of carboxylic acid groups (broad SMARTS) is 1. The van der Waals surface area contributed by atoms with Crippen molar-refractivity contribution in [2.24, 2.45) is 0 Å². The van der Waals surface area contributed by atoms with E-state index in [0.29, 0.717) is 16.8 Å². The van der Waals surface area contributed by atoms with Gasteiger partial charge in [-0.25, -0.2) is 4.79 Å². The summed E-state index contributed by atoms with van der Waals surface area (Å²) in [4.78, 5) is 10.9. The molecule has 2 rings (SSSR count). The molecule has 1 aromatic heterocycles. The van der Waals surface area contributed by atoms with Crippen LogP contribution in [-0.2, 0) is 0 Å². The summed E-state index contributed by atoms with van der Waals surface area (Å²) in [5.74, 6) is 0.300. The summed E-state index contributed by atoms with van der Waals surface area (Å²) in [6.45, 7) is 0. The molecule has 0 amide bonds. The Morgan fingerprint density at radius 1 is 1.60 bits per heavy atom. The summed E-state index contributed by atoms with van der Waals surface area (Å²) in [5, 5.41) is 13.4. The smallest absolute Gasteiger partial charge is 0.432 e. The van der Waals surface area contributed by atoms with Gasteiger partial charge in [-0.1, -0.05) is 15.9 Å². The largest absolute Gasteiger partial charge is 0.479 e. The van der Waals surface area contributed by atoms with Crippen LogP contribution in [0.15, 0.2) is 22.7 Å². The minimum Gasteiger partial charge on any atom is -0.479 e. The molecule has 0 spiro atoms. The van der Waals surface area contributed by atoms with Crippen LogP contribution in [-0.4, -0.2) is 28.1 Å². The highest BCUT2D eigenvalue weighted by Crippen LogP contribution is 2.27. The molecule has 0 aliphatic carbocycles. The van der Waals surface area contributed by atoms with Crippen LogP contribution in [0.1, 0.15) is 0 Å². The van der Waals surface area contributed by atoms with Gasteiger partial charge in [0.2, 0.25) is 5.88 Å². The molecule has 1 N–H and O–H groups in total. The molecule has 0 radical (unpaired) electrons. The molecular weight excluding hydrogens is 264 g/mol. The predicted octanol–water partition coefficient (Wildman–Crippen LogP) is 2.33. The van der Waals surface area contributed by atoms with Crippen LogP contribution in [0.5, 0.6) is 5.88 Å². The van der Waals surface area contributed by atoms with E-state index in [1.807, 2.05) is 0 Å². The van der Waals surface area contributed by atoms with Crippen LogP contribution in [0.25, 0.3) is 10.9 Å². The van der Waals surface area contributed by atoms with Crippen molar-refractivity contribution in [3.8, 4) is 5.88 Å². The molecule has 0 saturated heterocycles. The molecule has 0 bridgehead atoms. The monoisotopic (exact) mass is 270 g/mol. The molecule has 0 aliphatic rings. The van der Waals surface area contributed by atoms with Gasteiger partial charge in [0, 0.05) is 4.47 Å². The summed E-state index contributed by atoms with van der Waals surface area (Å²) < 4.78 is 6.73. The third kappa shape index (κ3) is 1.56. The lowest BCUT2D eigenvalue weighted by molar-refractivity contribution is 0.193. The van der Waals surface area contributed by atoms with E-state index < -0.39 is 6.09 Å². The molecule has 5 nitrogen and oxygen atoms in total. The van der Waals surface area contributed by atoms with E-state index in [9.17, 15) is 4.79 Å². The van der Waals surface area contributed by atoms with Gasteiger partial charge in [-0.3, -0.25) is 0 Å². The maximum atomic E-state index is 10.9. The molecule has 2 aromatic rings. The number of halogens is 1. The molecule has 6 heteroatoms. The van der Waals surface area contributed by atoms with Gasteiger partial charge in [0.25, 0.3) is 0 Å². The average Bonchev–Trinajstić information content (AvgIpc) is 2.55. The number of aromatic nitrogens is 2. The van der Waals surface area contributed by atoms with Gasteiger partial charge in [0.15, 0.2) is 0 Å². The molecule has 1 aromatic carbocycles. The molecule has 0 unspecified atom stereocenters. The van der Waals surface area contributed by atoms with E-state index in [1.54, 1.807) is 18.2 Å². The molecule has 0 atom stereocenters. The number of ether oxygens (including phenoxy) is 1. The first kappa shape index (κ1) is 9.97. The Balaban J connectivity index is 2.81. The summed E-state index contributed by atoms with van der Waals surface area (Å²) >= 11 is 3.30. The molecule has 15 heavy (non-hydrogen) atoms. The number of hydrogen-bond acceptors (Lipinski definition) is 3. The highest BCUT2D eigenvalue weighted by molar-refractivity contribution is 9.10. The second kappa shape index (κ2) is 3.54. The molecule has 0 saturated carbocycles. The first-order valence-corrected chi connectivity index (χ1v) is 4.88.